The summed E-state index contributed by atoms with van der Waals surface area (Å²) in [6, 6.07) is 13.2. The quantitative estimate of drug-likeness (QED) is 0.438. The molecule has 30 heavy (non-hydrogen) atoms. The summed E-state index contributed by atoms with van der Waals surface area (Å²) < 4.78 is 6.33. The van der Waals surface area contributed by atoms with Crippen LogP contribution >= 0.6 is 0 Å². The molecule has 0 atom stereocenters. The lowest BCUT2D eigenvalue weighted by Gasteiger charge is -2.37. The third-order valence-electron chi connectivity index (χ3n) is 6.68. The minimum atomic E-state index is -0.689. The van der Waals surface area contributed by atoms with Crippen molar-refractivity contribution in [3.8, 4) is 5.75 Å². The van der Waals surface area contributed by atoms with Crippen LogP contribution in [0.5, 0.6) is 5.75 Å². The van der Waals surface area contributed by atoms with Crippen molar-refractivity contribution in [2.45, 2.75) is 91.1 Å². The Morgan fingerprint density at radius 2 is 1.60 bits per heavy atom. The molecule has 1 aliphatic carbocycles. The van der Waals surface area contributed by atoms with Gasteiger partial charge in [0.1, 0.15) is 5.75 Å². The molecule has 0 unspecified atom stereocenters. The zero-order valence-corrected chi connectivity index (χ0v) is 19.0. The highest BCUT2D eigenvalue weighted by atomic mass is 16.5. The van der Waals surface area contributed by atoms with Crippen LogP contribution in [-0.2, 0) is 11.2 Å². The second-order valence-electron chi connectivity index (χ2n) is 10.1. The molecule has 1 saturated carbocycles. The maximum Gasteiger partial charge on any atom is 0.303 e. The summed E-state index contributed by atoms with van der Waals surface area (Å²) in [4.78, 5) is 10.6. The van der Waals surface area contributed by atoms with Gasteiger partial charge in [0.25, 0.3) is 0 Å². The summed E-state index contributed by atoms with van der Waals surface area (Å²) in [5.74, 6) is 1.11. The number of fused-ring (bicyclic) bond motifs is 1. The molecule has 3 rings (SSSR count). The first-order valence-corrected chi connectivity index (χ1v) is 11.7. The van der Waals surface area contributed by atoms with Gasteiger partial charge in [-0.05, 0) is 84.7 Å². The molecule has 164 valence electrons. The Hall–Kier alpha value is -2.03. The summed E-state index contributed by atoms with van der Waals surface area (Å²) in [5, 5.41) is 11.2. The lowest BCUT2D eigenvalue weighted by atomic mass is 9.72. The van der Waals surface area contributed by atoms with Crippen LogP contribution in [0.25, 0.3) is 10.8 Å². The number of benzene rings is 2. The van der Waals surface area contributed by atoms with Crippen molar-refractivity contribution in [2.75, 3.05) is 0 Å². The van der Waals surface area contributed by atoms with E-state index in [0.29, 0.717) is 17.9 Å². The van der Waals surface area contributed by atoms with Gasteiger partial charge >= 0.3 is 5.97 Å². The Labute approximate surface area is 181 Å². The summed E-state index contributed by atoms with van der Waals surface area (Å²) in [6.07, 6.45) is 10.5. The maximum atomic E-state index is 10.6. The number of aryl methyl sites for hydroxylation is 1. The zero-order valence-electron chi connectivity index (χ0n) is 19.0. The van der Waals surface area contributed by atoms with Crippen molar-refractivity contribution >= 4 is 16.7 Å². The summed E-state index contributed by atoms with van der Waals surface area (Å²) in [6.45, 7) is 7.07. The Morgan fingerprint density at radius 1 is 0.933 bits per heavy atom. The zero-order chi connectivity index (χ0) is 21.6. The molecule has 0 spiro atoms. The van der Waals surface area contributed by atoms with Crippen LogP contribution in [0.15, 0.2) is 36.4 Å². The smallest absolute Gasteiger partial charge is 0.303 e. The molecule has 0 aliphatic heterocycles. The van der Waals surface area contributed by atoms with Gasteiger partial charge in [-0.3, -0.25) is 4.79 Å². The number of carboxylic acids is 1. The normalized spacial score (nSPS) is 19.7. The molecular formula is C27H38O3. The van der Waals surface area contributed by atoms with Gasteiger partial charge in [0.05, 0.1) is 6.10 Å². The Bertz CT molecular complexity index is 826. The highest BCUT2D eigenvalue weighted by Gasteiger charge is 2.30. The SMILES string of the molecule is CC(C)(C)[C@H]1CC[C@H](Oc2ccc3cc(CCCCCCC(=O)O)ccc3c2)CC1. The third-order valence-corrected chi connectivity index (χ3v) is 6.68. The van der Waals surface area contributed by atoms with E-state index >= 15 is 0 Å². The molecule has 0 radical (unpaired) electrons. The van der Waals surface area contributed by atoms with Gasteiger partial charge in [-0.1, -0.05) is 57.9 Å². The predicted octanol–water partition coefficient (Wildman–Crippen LogP) is 7.40. The monoisotopic (exact) mass is 410 g/mol. The molecule has 0 aromatic heterocycles. The molecule has 2 aromatic carbocycles. The van der Waals surface area contributed by atoms with Crippen LogP contribution in [-0.4, -0.2) is 17.2 Å². The van der Waals surface area contributed by atoms with Gasteiger partial charge in [0.15, 0.2) is 0 Å². The average Bonchev–Trinajstić information content (AvgIpc) is 2.70. The number of aliphatic carboxylic acids is 1. The molecule has 0 heterocycles. The first-order valence-electron chi connectivity index (χ1n) is 11.7. The molecule has 2 aromatic rings. The molecule has 0 amide bonds. The second-order valence-corrected chi connectivity index (χ2v) is 10.1. The van der Waals surface area contributed by atoms with E-state index in [1.165, 1.54) is 29.2 Å². The van der Waals surface area contributed by atoms with Crippen molar-refractivity contribution in [1.82, 2.24) is 0 Å². The highest BCUT2D eigenvalue weighted by Crippen LogP contribution is 2.39. The summed E-state index contributed by atoms with van der Waals surface area (Å²) in [7, 11) is 0. The summed E-state index contributed by atoms with van der Waals surface area (Å²) >= 11 is 0. The lowest BCUT2D eigenvalue weighted by Crippen LogP contribution is -2.30. The third kappa shape index (κ3) is 6.75. The predicted molar refractivity (Wildman–Crippen MR) is 124 cm³/mol. The number of rotatable bonds is 9. The second kappa shape index (κ2) is 10.3. The highest BCUT2D eigenvalue weighted by molar-refractivity contribution is 5.84. The van der Waals surface area contributed by atoms with Crippen LogP contribution in [0.3, 0.4) is 0 Å². The van der Waals surface area contributed by atoms with Gasteiger partial charge in [-0.2, -0.15) is 0 Å². The topological polar surface area (TPSA) is 46.5 Å². The van der Waals surface area contributed by atoms with E-state index in [0.717, 1.165) is 56.6 Å². The minimum Gasteiger partial charge on any atom is -0.490 e. The average molecular weight is 411 g/mol. The van der Waals surface area contributed by atoms with Crippen molar-refractivity contribution in [1.29, 1.82) is 0 Å². The molecule has 1 N–H and O–H groups in total. The van der Waals surface area contributed by atoms with E-state index in [1.807, 2.05) is 0 Å². The molecule has 3 nitrogen and oxygen atoms in total. The van der Waals surface area contributed by atoms with Crippen LogP contribution < -0.4 is 4.74 Å². The van der Waals surface area contributed by atoms with Gasteiger partial charge in [0, 0.05) is 6.42 Å². The molecule has 3 heteroatoms. The van der Waals surface area contributed by atoms with Crippen molar-refractivity contribution in [3.05, 3.63) is 42.0 Å². The van der Waals surface area contributed by atoms with E-state index in [4.69, 9.17) is 9.84 Å². The van der Waals surface area contributed by atoms with Crippen LogP contribution in [0.4, 0.5) is 0 Å². The molecule has 0 bridgehead atoms. The first kappa shape index (κ1) is 22.7. The van der Waals surface area contributed by atoms with Crippen molar-refractivity contribution in [2.24, 2.45) is 11.3 Å². The molecular weight excluding hydrogens is 372 g/mol. The summed E-state index contributed by atoms with van der Waals surface area (Å²) in [5.41, 5.74) is 1.76. The molecule has 1 aliphatic rings. The number of hydrogen-bond acceptors (Lipinski definition) is 2. The van der Waals surface area contributed by atoms with E-state index in [-0.39, 0.29) is 0 Å². The van der Waals surface area contributed by atoms with E-state index < -0.39 is 5.97 Å². The van der Waals surface area contributed by atoms with E-state index in [9.17, 15) is 4.79 Å². The van der Waals surface area contributed by atoms with Gasteiger partial charge in [-0.15, -0.1) is 0 Å². The van der Waals surface area contributed by atoms with E-state index in [1.54, 1.807) is 0 Å². The van der Waals surface area contributed by atoms with Gasteiger partial charge < -0.3 is 9.84 Å². The fourth-order valence-corrected chi connectivity index (χ4v) is 4.70. The largest absolute Gasteiger partial charge is 0.490 e. The Balaban J connectivity index is 1.49. The first-order chi connectivity index (χ1) is 14.3. The van der Waals surface area contributed by atoms with Crippen molar-refractivity contribution in [3.63, 3.8) is 0 Å². The lowest BCUT2D eigenvalue weighted by molar-refractivity contribution is -0.137. The number of carbonyl (C=O) groups is 1. The molecule has 0 saturated heterocycles. The van der Waals surface area contributed by atoms with Gasteiger partial charge in [-0.25, -0.2) is 0 Å². The fraction of sp³-hybridized carbons (Fsp3) is 0.593. The van der Waals surface area contributed by atoms with Crippen LogP contribution in [0, 0.1) is 11.3 Å². The number of carboxylic acid groups (broad SMARTS) is 1. The molecule has 1 fully saturated rings. The Morgan fingerprint density at radius 3 is 2.30 bits per heavy atom. The Kier molecular flexibility index (Phi) is 7.80. The van der Waals surface area contributed by atoms with Crippen LogP contribution in [0.2, 0.25) is 0 Å². The standard InChI is InChI=1S/C27H38O3/c1-27(2,3)23-13-16-24(17-14-23)30-25-15-12-21-18-20(10-11-22(21)19-25)8-6-4-5-7-9-26(28)29/h10-12,15,18-19,23-24H,4-9,13-14,16-17H2,1-3H3,(H,28,29)/t23-,24-. The van der Waals surface area contributed by atoms with Crippen LogP contribution in [0.1, 0.15) is 84.1 Å². The minimum absolute atomic E-state index is 0.290. The van der Waals surface area contributed by atoms with Crippen molar-refractivity contribution < 1.29 is 14.6 Å². The number of hydrogen-bond donors (Lipinski definition) is 1. The maximum absolute atomic E-state index is 10.6. The van der Waals surface area contributed by atoms with E-state index in [2.05, 4.69) is 57.2 Å². The number of unbranched alkanes of at least 4 members (excludes halogenated alkanes) is 3. The fourth-order valence-electron chi connectivity index (χ4n) is 4.70. The number of ether oxygens (including phenoxy) is 1. The van der Waals surface area contributed by atoms with Gasteiger partial charge in [0.2, 0.25) is 0 Å².